The zero-order valence-electron chi connectivity index (χ0n) is 22.4. The van der Waals surface area contributed by atoms with E-state index < -0.39 is 0 Å². The zero-order valence-corrected chi connectivity index (χ0v) is 22.4. The van der Waals surface area contributed by atoms with E-state index in [1.165, 1.54) is 0 Å². The summed E-state index contributed by atoms with van der Waals surface area (Å²) in [6.07, 6.45) is 5.15. The number of carbonyl (C=O) groups is 2. The normalized spacial score (nSPS) is 19.7. The third-order valence-electron chi connectivity index (χ3n) is 7.37. The maximum Gasteiger partial charge on any atom is 0.310 e. The molecule has 39 heavy (non-hydrogen) atoms. The Hall–Kier alpha value is -3.89. The maximum absolute atomic E-state index is 13.4. The highest BCUT2D eigenvalue weighted by atomic mass is 16.5. The van der Waals surface area contributed by atoms with Crippen molar-refractivity contribution in [2.24, 2.45) is 5.92 Å². The molecule has 2 aliphatic heterocycles. The van der Waals surface area contributed by atoms with Crippen molar-refractivity contribution in [3.63, 3.8) is 0 Å². The summed E-state index contributed by atoms with van der Waals surface area (Å²) in [7, 11) is 2.01. The van der Waals surface area contributed by atoms with Gasteiger partial charge in [-0.05, 0) is 25.6 Å². The first-order valence-corrected chi connectivity index (χ1v) is 13.3. The van der Waals surface area contributed by atoms with Gasteiger partial charge in [0, 0.05) is 67.7 Å². The summed E-state index contributed by atoms with van der Waals surface area (Å²) in [5.74, 6) is -0.418. The lowest BCUT2D eigenvalue weighted by atomic mass is 9.88. The minimum absolute atomic E-state index is 0.0536. The van der Waals surface area contributed by atoms with Crippen molar-refractivity contribution in [3.8, 4) is 11.3 Å². The van der Waals surface area contributed by atoms with Gasteiger partial charge in [-0.3, -0.25) is 14.6 Å². The van der Waals surface area contributed by atoms with Crippen molar-refractivity contribution >= 4 is 23.3 Å². The van der Waals surface area contributed by atoms with Crippen LogP contribution in [0.4, 0.5) is 11.5 Å². The summed E-state index contributed by atoms with van der Waals surface area (Å²) in [6, 6.07) is 9.84. The number of carbonyl (C=O) groups excluding carboxylic acids is 2. The predicted octanol–water partition coefficient (Wildman–Crippen LogP) is 2.59. The molecule has 2 saturated heterocycles. The van der Waals surface area contributed by atoms with Gasteiger partial charge >= 0.3 is 5.97 Å². The topological polar surface area (TPSA) is 124 Å². The van der Waals surface area contributed by atoms with E-state index in [2.05, 4.69) is 24.8 Å². The van der Waals surface area contributed by atoms with Crippen LogP contribution in [-0.4, -0.2) is 84.7 Å². The zero-order chi connectivity index (χ0) is 27.4. The average Bonchev–Trinajstić information content (AvgIpc) is 3.36. The third-order valence-corrected chi connectivity index (χ3v) is 7.37. The molecule has 10 nitrogen and oxygen atoms in total. The van der Waals surface area contributed by atoms with Crippen LogP contribution >= 0.6 is 0 Å². The monoisotopic (exact) mass is 530 g/mol. The minimum Gasteiger partial charge on any atom is -0.466 e. The van der Waals surface area contributed by atoms with E-state index in [1.807, 2.05) is 44.3 Å². The molecule has 3 aromatic rings. The maximum atomic E-state index is 13.4. The van der Waals surface area contributed by atoms with E-state index >= 15 is 0 Å². The van der Waals surface area contributed by atoms with Gasteiger partial charge in [0.15, 0.2) is 11.6 Å². The van der Waals surface area contributed by atoms with Crippen LogP contribution in [0, 0.1) is 5.92 Å². The molecule has 2 aliphatic rings. The van der Waals surface area contributed by atoms with Gasteiger partial charge in [-0.1, -0.05) is 24.3 Å². The first-order valence-electron chi connectivity index (χ1n) is 13.3. The molecule has 4 heterocycles. The molecule has 1 unspecified atom stereocenters. The van der Waals surface area contributed by atoms with Gasteiger partial charge in [-0.15, -0.1) is 0 Å². The summed E-state index contributed by atoms with van der Waals surface area (Å²) < 4.78 is 10.8. The van der Waals surface area contributed by atoms with Crippen LogP contribution < -0.4 is 10.6 Å². The number of ketones is 1. The van der Waals surface area contributed by atoms with Gasteiger partial charge in [-0.25, -0.2) is 9.97 Å². The van der Waals surface area contributed by atoms with Crippen LogP contribution in [0.25, 0.3) is 11.3 Å². The quantitative estimate of drug-likeness (QED) is 0.343. The number of morpholine rings is 1. The van der Waals surface area contributed by atoms with Crippen LogP contribution in [0.5, 0.6) is 0 Å². The smallest absolute Gasteiger partial charge is 0.310 e. The minimum atomic E-state index is -0.216. The number of rotatable bonds is 8. The Morgan fingerprint density at radius 1 is 1.10 bits per heavy atom. The number of Topliss-reactive ketones (excluding diaryl/α,β-unsaturated/α-hetero) is 1. The van der Waals surface area contributed by atoms with Crippen molar-refractivity contribution in [3.05, 3.63) is 65.7 Å². The molecule has 0 saturated carbocycles. The number of benzene rings is 1. The molecule has 1 aromatic carbocycles. The highest BCUT2D eigenvalue weighted by Crippen LogP contribution is 2.34. The summed E-state index contributed by atoms with van der Waals surface area (Å²) in [4.78, 5) is 43.4. The summed E-state index contributed by atoms with van der Waals surface area (Å²) in [5.41, 5.74) is 10.5. The predicted molar refractivity (Wildman–Crippen MR) is 148 cm³/mol. The Balaban J connectivity index is 1.35. The first-order chi connectivity index (χ1) is 18.9. The molecule has 2 atom stereocenters. The number of hydrogen-bond acceptors (Lipinski definition) is 10. The average molecular weight is 531 g/mol. The second-order valence-electron chi connectivity index (χ2n) is 10.0. The fourth-order valence-corrected chi connectivity index (χ4v) is 5.40. The van der Waals surface area contributed by atoms with Crippen LogP contribution in [0.1, 0.15) is 34.5 Å². The lowest BCUT2D eigenvalue weighted by Gasteiger charge is -2.30. The number of ether oxygens (including phenoxy) is 2. The molecule has 204 valence electrons. The number of hydrogen-bond donors (Lipinski definition) is 1. The van der Waals surface area contributed by atoms with Crippen molar-refractivity contribution in [2.75, 3.05) is 63.7 Å². The number of nitrogens with zero attached hydrogens (tertiary/aromatic N) is 5. The molecule has 0 amide bonds. The second kappa shape index (κ2) is 11.9. The first kappa shape index (κ1) is 26.7. The fourth-order valence-electron chi connectivity index (χ4n) is 5.40. The van der Waals surface area contributed by atoms with Gasteiger partial charge in [0.05, 0.1) is 37.6 Å². The van der Waals surface area contributed by atoms with Gasteiger partial charge < -0.3 is 25.0 Å². The molecule has 0 aliphatic carbocycles. The van der Waals surface area contributed by atoms with Crippen molar-refractivity contribution < 1.29 is 19.1 Å². The molecule has 2 aromatic heterocycles. The molecule has 5 rings (SSSR count). The lowest BCUT2D eigenvalue weighted by Crippen LogP contribution is -2.37. The van der Waals surface area contributed by atoms with E-state index in [4.69, 9.17) is 15.2 Å². The van der Waals surface area contributed by atoms with Crippen LogP contribution in [0.15, 0.2) is 48.9 Å². The summed E-state index contributed by atoms with van der Waals surface area (Å²) in [5, 5.41) is 0. The van der Waals surface area contributed by atoms with Crippen LogP contribution in [0.2, 0.25) is 0 Å². The number of nitrogens with two attached hydrogens (primary N) is 1. The summed E-state index contributed by atoms with van der Waals surface area (Å²) in [6.45, 7) is 6.47. The SMILES string of the molecule is CCOC(=O)[C@@H]1CN(C)CC1c1ccc(-c2cnc(N)c(C(=O)Cc3cnccc3N3CCOCC3)n2)cc1. The fraction of sp³-hybridized carbons (Fsp3) is 0.414. The Bertz CT molecular complexity index is 1330. The van der Waals surface area contributed by atoms with Gasteiger partial charge in [0.1, 0.15) is 5.69 Å². The van der Waals surface area contributed by atoms with E-state index in [1.54, 1.807) is 18.6 Å². The number of pyridine rings is 1. The number of likely N-dealkylation sites (tertiary alicyclic amines) is 1. The molecule has 0 spiro atoms. The van der Waals surface area contributed by atoms with Crippen molar-refractivity contribution in [1.82, 2.24) is 19.9 Å². The number of nitrogen functional groups attached to an aromatic ring is 1. The molecular formula is C29H34N6O4. The van der Waals surface area contributed by atoms with E-state index in [-0.39, 0.29) is 41.5 Å². The number of likely N-dealkylation sites (N-methyl/N-ethyl adjacent to an activating group) is 1. The second-order valence-corrected chi connectivity index (χ2v) is 10.0. The molecule has 0 radical (unpaired) electrons. The Labute approximate surface area is 228 Å². The van der Waals surface area contributed by atoms with Crippen molar-refractivity contribution in [2.45, 2.75) is 19.3 Å². The van der Waals surface area contributed by atoms with E-state index in [0.29, 0.717) is 32.1 Å². The largest absolute Gasteiger partial charge is 0.466 e. The highest BCUT2D eigenvalue weighted by Gasteiger charge is 2.38. The standard InChI is InChI=1S/C29H34N6O4/c1-3-39-29(37)23-18-34(2)17-22(23)19-4-6-20(7-5-19)24-16-32-28(30)27(33-24)26(36)14-21-15-31-9-8-25(21)35-10-12-38-13-11-35/h4-9,15-16,22-23H,3,10-14,17-18H2,1-2H3,(H2,30,32)/t22?,23-/m1/s1. The summed E-state index contributed by atoms with van der Waals surface area (Å²) >= 11 is 0. The van der Waals surface area contributed by atoms with Gasteiger partial charge in [0.2, 0.25) is 0 Å². The molecule has 10 heteroatoms. The molecule has 2 N–H and O–H groups in total. The number of esters is 1. The molecular weight excluding hydrogens is 496 g/mol. The Morgan fingerprint density at radius 2 is 1.87 bits per heavy atom. The van der Waals surface area contributed by atoms with Crippen LogP contribution in [-0.2, 0) is 20.7 Å². The van der Waals surface area contributed by atoms with Gasteiger partial charge in [0.25, 0.3) is 0 Å². The molecule has 0 bridgehead atoms. The van der Waals surface area contributed by atoms with E-state index in [0.717, 1.165) is 42.0 Å². The third kappa shape index (κ3) is 5.91. The number of aromatic nitrogens is 3. The Morgan fingerprint density at radius 3 is 2.62 bits per heavy atom. The van der Waals surface area contributed by atoms with Crippen LogP contribution in [0.3, 0.4) is 0 Å². The van der Waals surface area contributed by atoms with E-state index in [9.17, 15) is 9.59 Å². The number of anilines is 2. The molecule has 2 fully saturated rings. The Kier molecular flexibility index (Phi) is 8.13. The van der Waals surface area contributed by atoms with Gasteiger partial charge in [-0.2, -0.15) is 0 Å². The van der Waals surface area contributed by atoms with Crippen molar-refractivity contribution in [1.29, 1.82) is 0 Å². The highest BCUT2D eigenvalue weighted by molar-refractivity contribution is 6.00. The lowest BCUT2D eigenvalue weighted by molar-refractivity contribution is -0.147.